The van der Waals surface area contributed by atoms with E-state index in [0.29, 0.717) is 18.2 Å². The molecular weight excluding hydrogens is 422 g/mol. The zero-order valence-electron chi connectivity index (χ0n) is 18.9. The predicted octanol–water partition coefficient (Wildman–Crippen LogP) is 3.44. The van der Waals surface area contributed by atoms with E-state index < -0.39 is 6.04 Å². The van der Waals surface area contributed by atoms with Crippen LogP contribution in [0.5, 0.6) is 0 Å². The zero-order chi connectivity index (χ0) is 22.7. The van der Waals surface area contributed by atoms with Crippen LogP contribution < -0.4 is 10.6 Å². The molecule has 2 amide bonds. The molecule has 1 saturated heterocycles. The number of nitrogens with zero attached hydrogens (tertiary/aromatic N) is 3. The van der Waals surface area contributed by atoms with Crippen LogP contribution in [-0.4, -0.2) is 58.0 Å². The van der Waals surface area contributed by atoms with Crippen molar-refractivity contribution in [3.8, 4) is 5.13 Å². The van der Waals surface area contributed by atoms with E-state index in [0.717, 1.165) is 34.9 Å². The van der Waals surface area contributed by atoms with Gasteiger partial charge in [-0.15, -0.1) is 0 Å². The zero-order valence-corrected chi connectivity index (χ0v) is 19.7. The van der Waals surface area contributed by atoms with Crippen LogP contribution in [0.3, 0.4) is 0 Å². The van der Waals surface area contributed by atoms with Crippen LogP contribution in [0.4, 0.5) is 0 Å². The highest BCUT2D eigenvalue weighted by Crippen LogP contribution is 2.26. The fraction of sp³-hybridized carbons (Fsp3) is 0.458. The third-order valence-corrected chi connectivity index (χ3v) is 7.15. The summed E-state index contributed by atoms with van der Waals surface area (Å²) in [5.74, 6) is -0.380. The minimum Gasteiger partial charge on any atom is -0.353 e. The van der Waals surface area contributed by atoms with Gasteiger partial charge in [0.2, 0.25) is 5.91 Å². The predicted molar refractivity (Wildman–Crippen MR) is 128 cm³/mol. The molecule has 4 rings (SSSR count). The van der Waals surface area contributed by atoms with Crippen LogP contribution in [0.25, 0.3) is 15.3 Å². The summed E-state index contributed by atoms with van der Waals surface area (Å²) in [7, 11) is 0. The Hall–Kier alpha value is -2.71. The van der Waals surface area contributed by atoms with Gasteiger partial charge in [0.15, 0.2) is 5.13 Å². The number of amides is 2. The van der Waals surface area contributed by atoms with E-state index >= 15 is 0 Å². The van der Waals surface area contributed by atoms with Gasteiger partial charge in [-0.3, -0.25) is 14.5 Å². The monoisotopic (exact) mass is 453 g/mol. The number of aromatic nitrogens is 2. The number of carbonyl (C=O) groups excluding carboxylic acids is 2. The van der Waals surface area contributed by atoms with Gasteiger partial charge >= 0.3 is 0 Å². The van der Waals surface area contributed by atoms with Crippen molar-refractivity contribution in [2.75, 3.05) is 19.6 Å². The smallest absolute Gasteiger partial charge is 0.251 e. The molecule has 1 aliphatic heterocycles. The minimum atomic E-state index is -0.577. The summed E-state index contributed by atoms with van der Waals surface area (Å²) in [4.78, 5) is 32.9. The fourth-order valence-electron chi connectivity index (χ4n) is 4.26. The Balaban J connectivity index is 1.43. The molecule has 0 spiro atoms. The second-order valence-electron chi connectivity index (χ2n) is 8.63. The number of fused-ring (bicyclic) bond motifs is 1. The third-order valence-electron chi connectivity index (χ3n) is 6.12. The van der Waals surface area contributed by atoms with Crippen LogP contribution in [0.1, 0.15) is 44.0 Å². The van der Waals surface area contributed by atoms with E-state index in [9.17, 15) is 9.59 Å². The van der Waals surface area contributed by atoms with Crippen LogP contribution in [-0.2, 0) is 4.79 Å². The van der Waals surface area contributed by atoms with Crippen molar-refractivity contribution in [1.29, 1.82) is 0 Å². The van der Waals surface area contributed by atoms with Crippen molar-refractivity contribution in [3.63, 3.8) is 0 Å². The summed E-state index contributed by atoms with van der Waals surface area (Å²) in [6.45, 7) is 8.77. The molecule has 2 N–H and O–H groups in total. The first-order chi connectivity index (χ1) is 15.5. The molecule has 170 valence electrons. The quantitative estimate of drug-likeness (QED) is 0.548. The number of nitrogens with one attached hydrogen (secondary N) is 2. The Labute approximate surface area is 192 Å². The summed E-state index contributed by atoms with van der Waals surface area (Å²) < 4.78 is 2.89. The summed E-state index contributed by atoms with van der Waals surface area (Å²) in [5, 5.41) is 6.87. The van der Waals surface area contributed by atoms with E-state index in [1.807, 2.05) is 55.1 Å². The first-order valence-corrected chi connectivity index (χ1v) is 12.1. The molecular formula is C24H31N5O2S. The van der Waals surface area contributed by atoms with Gasteiger partial charge in [0.1, 0.15) is 6.04 Å². The van der Waals surface area contributed by atoms with Gasteiger partial charge in [0.05, 0.1) is 10.2 Å². The molecule has 1 unspecified atom stereocenters. The van der Waals surface area contributed by atoms with Crippen LogP contribution in [0.2, 0.25) is 0 Å². The Morgan fingerprint density at radius 1 is 1.25 bits per heavy atom. The van der Waals surface area contributed by atoms with Crippen molar-refractivity contribution in [1.82, 2.24) is 25.1 Å². The topological polar surface area (TPSA) is 79.3 Å². The van der Waals surface area contributed by atoms with Gasteiger partial charge in [0.25, 0.3) is 5.91 Å². The van der Waals surface area contributed by atoms with Crippen LogP contribution in [0, 0.1) is 5.92 Å². The summed E-state index contributed by atoms with van der Waals surface area (Å²) in [6, 6.07) is 9.19. The van der Waals surface area contributed by atoms with Gasteiger partial charge in [-0.1, -0.05) is 32.1 Å². The van der Waals surface area contributed by atoms with Crippen molar-refractivity contribution in [2.45, 2.75) is 45.7 Å². The lowest BCUT2D eigenvalue weighted by Gasteiger charge is -2.26. The average molecular weight is 454 g/mol. The molecule has 1 aliphatic rings. The van der Waals surface area contributed by atoms with Gasteiger partial charge in [0, 0.05) is 30.5 Å². The molecule has 1 aromatic carbocycles. The maximum Gasteiger partial charge on any atom is 0.251 e. The largest absolute Gasteiger partial charge is 0.353 e. The van der Waals surface area contributed by atoms with E-state index in [1.54, 1.807) is 6.07 Å². The number of thiazole rings is 1. The summed E-state index contributed by atoms with van der Waals surface area (Å²) >= 11 is 1.53. The Bertz CT molecular complexity index is 1080. The molecule has 3 aromatic rings. The second kappa shape index (κ2) is 9.83. The lowest BCUT2D eigenvalue weighted by Crippen LogP contribution is -2.52. The highest BCUT2D eigenvalue weighted by molar-refractivity contribution is 7.20. The average Bonchev–Trinajstić information content (AvgIpc) is 3.54. The maximum atomic E-state index is 13.0. The Kier molecular flexibility index (Phi) is 6.91. The van der Waals surface area contributed by atoms with Crippen LogP contribution >= 0.6 is 11.3 Å². The molecule has 0 saturated carbocycles. The number of hydrogen-bond acceptors (Lipinski definition) is 5. The van der Waals surface area contributed by atoms with Crippen LogP contribution in [0.15, 0.2) is 42.7 Å². The first kappa shape index (κ1) is 22.5. The number of carbonyl (C=O) groups is 2. The molecule has 1 fully saturated rings. The highest BCUT2D eigenvalue weighted by atomic mass is 32.1. The van der Waals surface area contributed by atoms with Crippen molar-refractivity contribution < 1.29 is 9.59 Å². The Morgan fingerprint density at radius 2 is 2.03 bits per heavy atom. The minimum absolute atomic E-state index is 0.0164. The number of rotatable bonds is 8. The number of likely N-dealkylation sites (tertiary alicyclic amines) is 1. The van der Waals surface area contributed by atoms with E-state index in [1.165, 1.54) is 17.8 Å². The SMILES string of the molecule is CCN1CCCC1CNC(=O)[C@@H](NC(=O)c1ccc2nc(-n3cccc3)sc2c1)C(C)C. The summed E-state index contributed by atoms with van der Waals surface area (Å²) in [6.07, 6.45) is 6.17. The van der Waals surface area contributed by atoms with Gasteiger partial charge in [-0.25, -0.2) is 4.98 Å². The number of likely N-dealkylation sites (N-methyl/N-ethyl adjacent to an activating group) is 1. The molecule has 8 heteroatoms. The molecule has 32 heavy (non-hydrogen) atoms. The molecule has 0 aliphatic carbocycles. The normalized spacial score (nSPS) is 17.7. The molecule has 2 atom stereocenters. The molecule has 2 aromatic heterocycles. The lowest BCUT2D eigenvalue weighted by atomic mass is 10.0. The second-order valence-corrected chi connectivity index (χ2v) is 9.64. The highest BCUT2D eigenvalue weighted by Gasteiger charge is 2.28. The number of hydrogen-bond donors (Lipinski definition) is 2. The van der Waals surface area contributed by atoms with E-state index in [2.05, 4.69) is 27.4 Å². The van der Waals surface area contributed by atoms with Gasteiger partial charge in [-0.05, 0) is 62.2 Å². The Morgan fingerprint density at radius 3 is 2.75 bits per heavy atom. The molecule has 7 nitrogen and oxygen atoms in total. The van der Waals surface area contributed by atoms with E-state index in [4.69, 9.17) is 0 Å². The summed E-state index contributed by atoms with van der Waals surface area (Å²) in [5.41, 5.74) is 1.39. The van der Waals surface area contributed by atoms with Crippen molar-refractivity contribution in [3.05, 3.63) is 48.3 Å². The molecule has 0 bridgehead atoms. The maximum absolute atomic E-state index is 13.0. The fourth-order valence-corrected chi connectivity index (χ4v) is 5.23. The first-order valence-electron chi connectivity index (χ1n) is 11.3. The van der Waals surface area contributed by atoms with Crippen molar-refractivity contribution in [2.24, 2.45) is 5.92 Å². The van der Waals surface area contributed by atoms with E-state index in [-0.39, 0.29) is 17.7 Å². The van der Waals surface area contributed by atoms with Crippen molar-refractivity contribution >= 4 is 33.4 Å². The molecule has 3 heterocycles. The third kappa shape index (κ3) is 4.86. The van der Waals surface area contributed by atoms with Gasteiger partial charge in [-0.2, -0.15) is 0 Å². The number of benzene rings is 1. The standard InChI is InChI=1S/C24H31N5O2S/c1-4-28-13-7-8-18(28)15-25-23(31)21(16(2)3)27-22(30)17-9-10-19-20(14-17)32-24(26-19)29-11-5-6-12-29/h5-6,9-12,14,16,18,21H,4,7-8,13,15H2,1-3H3,(H,25,31)(H,27,30)/t18?,21-/m0/s1. The van der Waals surface area contributed by atoms with Gasteiger partial charge < -0.3 is 15.2 Å². The lowest BCUT2D eigenvalue weighted by molar-refractivity contribution is -0.124. The molecule has 0 radical (unpaired) electrons.